The molecule has 0 saturated heterocycles. The molecule has 0 bridgehead atoms. The lowest BCUT2D eigenvalue weighted by Crippen LogP contribution is -2.17. The van der Waals surface area contributed by atoms with Crippen molar-refractivity contribution < 1.29 is 22.7 Å². The molecular formula is C13H8F3NO2. The van der Waals surface area contributed by atoms with Crippen LogP contribution in [-0.4, -0.2) is 17.6 Å². The van der Waals surface area contributed by atoms with Gasteiger partial charge in [0.2, 0.25) is 0 Å². The lowest BCUT2D eigenvalue weighted by Gasteiger charge is -2.13. The van der Waals surface area contributed by atoms with E-state index < -0.39 is 6.36 Å². The summed E-state index contributed by atoms with van der Waals surface area (Å²) in [4.78, 5) is 14.4. The second-order valence-electron chi connectivity index (χ2n) is 3.63. The summed E-state index contributed by atoms with van der Waals surface area (Å²) in [6, 6.07) is 8.61. The van der Waals surface area contributed by atoms with E-state index >= 15 is 0 Å². The lowest BCUT2D eigenvalue weighted by molar-refractivity contribution is -0.274. The zero-order valence-corrected chi connectivity index (χ0v) is 9.52. The Balaban J connectivity index is 2.46. The summed E-state index contributed by atoms with van der Waals surface area (Å²) in [5.41, 5.74) is 0.807. The van der Waals surface area contributed by atoms with E-state index in [9.17, 15) is 18.0 Å². The lowest BCUT2D eigenvalue weighted by atomic mass is 10.1. The smallest absolute Gasteiger partial charge is 0.405 e. The van der Waals surface area contributed by atoms with Gasteiger partial charge >= 0.3 is 6.36 Å². The van der Waals surface area contributed by atoms with Crippen LogP contribution < -0.4 is 4.74 Å². The molecule has 0 spiro atoms. The van der Waals surface area contributed by atoms with Crippen molar-refractivity contribution in [2.45, 2.75) is 6.36 Å². The van der Waals surface area contributed by atoms with E-state index in [0.29, 0.717) is 11.8 Å². The summed E-state index contributed by atoms with van der Waals surface area (Å²) in [6.07, 6.45) is -2.89. The van der Waals surface area contributed by atoms with Crippen LogP contribution in [0.5, 0.6) is 5.75 Å². The molecule has 0 aliphatic heterocycles. The van der Waals surface area contributed by atoms with Crippen molar-refractivity contribution in [3.8, 4) is 16.9 Å². The molecule has 1 aromatic heterocycles. The zero-order chi connectivity index (χ0) is 13.9. The van der Waals surface area contributed by atoms with Gasteiger partial charge in [-0.3, -0.25) is 9.78 Å². The van der Waals surface area contributed by atoms with Gasteiger partial charge in [0.05, 0.1) is 0 Å². The first-order valence-corrected chi connectivity index (χ1v) is 5.26. The van der Waals surface area contributed by atoms with Crippen molar-refractivity contribution in [1.82, 2.24) is 4.98 Å². The van der Waals surface area contributed by atoms with Crippen LogP contribution >= 0.6 is 0 Å². The van der Waals surface area contributed by atoms with Crippen LogP contribution in [0.25, 0.3) is 11.1 Å². The topological polar surface area (TPSA) is 39.2 Å². The van der Waals surface area contributed by atoms with E-state index in [1.165, 1.54) is 36.5 Å². The molecule has 19 heavy (non-hydrogen) atoms. The molecule has 0 aliphatic rings. The van der Waals surface area contributed by atoms with E-state index in [1.807, 2.05) is 0 Å². The van der Waals surface area contributed by atoms with Gasteiger partial charge in [-0.1, -0.05) is 18.2 Å². The number of aldehydes is 1. The molecule has 1 aromatic carbocycles. The molecule has 0 radical (unpaired) electrons. The molecule has 0 fully saturated rings. The summed E-state index contributed by atoms with van der Waals surface area (Å²) < 4.78 is 40.8. The molecular weight excluding hydrogens is 259 g/mol. The molecule has 2 rings (SSSR count). The first-order valence-electron chi connectivity index (χ1n) is 5.26. The summed E-state index contributed by atoms with van der Waals surface area (Å²) in [5.74, 6) is -0.321. The van der Waals surface area contributed by atoms with Gasteiger partial charge in [-0.05, 0) is 23.8 Å². The Morgan fingerprint density at radius 2 is 1.89 bits per heavy atom. The fourth-order valence-corrected chi connectivity index (χ4v) is 1.60. The van der Waals surface area contributed by atoms with Crippen LogP contribution in [0.1, 0.15) is 10.5 Å². The number of benzene rings is 1. The number of alkyl halides is 3. The van der Waals surface area contributed by atoms with E-state index in [4.69, 9.17) is 0 Å². The molecule has 2 aromatic rings. The van der Waals surface area contributed by atoms with Crippen molar-refractivity contribution >= 4 is 6.29 Å². The van der Waals surface area contributed by atoms with Gasteiger partial charge in [-0.2, -0.15) is 0 Å². The van der Waals surface area contributed by atoms with Crippen LogP contribution in [0, 0.1) is 0 Å². The molecule has 1 heterocycles. The number of hydrogen-bond donors (Lipinski definition) is 0. The number of rotatable bonds is 3. The number of carbonyl (C=O) groups is 1. The fourth-order valence-electron chi connectivity index (χ4n) is 1.60. The van der Waals surface area contributed by atoms with Crippen LogP contribution in [-0.2, 0) is 0 Å². The largest absolute Gasteiger partial charge is 0.573 e. The van der Waals surface area contributed by atoms with Crippen LogP contribution in [0.3, 0.4) is 0 Å². The summed E-state index contributed by atoms with van der Waals surface area (Å²) in [6.45, 7) is 0. The maximum atomic E-state index is 12.3. The van der Waals surface area contributed by atoms with Crippen molar-refractivity contribution in [3.05, 3.63) is 48.3 Å². The second kappa shape index (κ2) is 5.09. The number of pyridine rings is 1. The minimum Gasteiger partial charge on any atom is -0.405 e. The van der Waals surface area contributed by atoms with Gasteiger partial charge in [-0.15, -0.1) is 13.2 Å². The van der Waals surface area contributed by atoms with Crippen molar-refractivity contribution in [2.75, 3.05) is 0 Å². The molecule has 98 valence electrons. The highest BCUT2D eigenvalue weighted by Gasteiger charge is 2.32. The van der Waals surface area contributed by atoms with Crippen molar-refractivity contribution in [3.63, 3.8) is 0 Å². The Hall–Kier alpha value is -2.37. The number of hydrogen-bond acceptors (Lipinski definition) is 3. The Labute approximate surface area is 106 Å². The molecule has 0 saturated carbocycles. The van der Waals surface area contributed by atoms with Crippen molar-refractivity contribution in [1.29, 1.82) is 0 Å². The highest BCUT2D eigenvalue weighted by molar-refractivity contribution is 5.78. The Morgan fingerprint density at radius 3 is 2.58 bits per heavy atom. The predicted molar refractivity (Wildman–Crippen MR) is 61.7 cm³/mol. The maximum Gasteiger partial charge on any atom is 0.573 e. The Morgan fingerprint density at radius 1 is 1.16 bits per heavy atom. The summed E-state index contributed by atoms with van der Waals surface area (Å²) in [7, 11) is 0. The second-order valence-corrected chi connectivity index (χ2v) is 3.63. The van der Waals surface area contributed by atoms with Gasteiger partial charge in [0.25, 0.3) is 0 Å². The first kappa shape index (κ1) is 13.1. The standard InChI is InChI=1S/C13H8F3NO2/c14-13(15,16)19-12-4-2-1-3-11(12)9-5-6-17-10(7-9)8-18/h1-8H. The molecule has 0 unspecified atom stereocenters. The number of carbonyl (C=O) groups excluding carboxylic acids is 1. The van der Waals surface area contributed by atoms with Crippen LogP contribution in [0.2, 0.25) is 0 Å². The van der Waals surface area contributed by atoms with Gasteiger partial charge < -0.3 is 4.74 Å². The van der Waals surface area contributed by atoms with E-state index in [2.05, 4.69) is 9.72 Å². The summed E-state index contributed by atoms with van der Waals surface area (Å²) >= 11 is 0. The minimum absolute atomic E-state index is 0.138. The number of halogens is 3. The summed E-state index contributed by atoms with van der Waals surface area (Å²) in [5, 5.41) is 0. The third kappa shape index (κ3) is 3.31. The first-order chi connectivity index (χ1) is 8.99. The van der Waals surface area contributed by atoms with E-state index in [1.54, 1.807) is 6.07 Å². The predicted octanol–water partition coefficient (Wildman–Crippen LogP) is 3.46. The van der Waals surface area contributed by atoms with Gasteiger partial charge in [0.15, 0.2) is 6.29 Å². The SMILES string of the molecule is O=Cc1cc(-c2ccccc2OC(F)(F)F)ccn1. The zero-order valence-electron chi connectivity index (χ0n) is 9.52. The number of para-hydroxylation sites is 1. The Kier molecular flexibility index (Phi) is 3.50. The minimum atomic E-state index is -4.77. The molecule has 0 aliphatic carbocycles. The maximum absolute atomic E-state index is 12.3. The highest BCUT2D eigenvalue weighted by Crippen LogP contribution is 2.33. The molecule has 0 amide bonds. The number of aromatic nitrogens is 1. The van der Waals surface area contributed by atoms with Crippen molar-refractivity contribution in [2.24, 2.45) is 0 Å². The van der Waals surface area contributed by atoms with Gasteiger partial charge in [0, 0.05) is 11.8 Å². The fraction of sp³-hybridized carbons (Fsp3) is 0.0769. The highest BCUT2D eigenvalue weighted by atomic mass is 19.4. The molecule has 0 atom stereocenters. The van der Waals surface area contributed by atoms with Crippen LogP contribution in [0.4, 0.5) is 13.2 Å². The average molecular weight is 267 g/mol. The quantitative estimate of drug-likeness (QED) is 0.799. The molecule has 6 heteroatoms. The molecule has 0 N–H and O–H groups in total. The van der Waals surface area contributed by atoms with Gasteiger partial charge in [0.1, 0.15) is 11.4 Å². The monoisotopic (exact) mass is 267 g/mol. The average Bonchev–Trinajstić information content (AvgIpc) is 2.37. The van der Waals surface area contributed by atoms with E-state index in [0.717, 1.165) is 0 Å². The number of ether oxygens (including phenoxy) is 1. The number of nitrogens with zero attached hydrogens (tertiary/aromatic N) is 1. The normalized spacial score (nSPS) is 11.1. The van der Waals surface area contributed by atoms with Gasteiger partial charge in [-0.25, -0.2) is 0 Å². The third-order valence-corrected chi connectivity index (χ3v) is 2.33. The third-order valence-electron chi connectivity index (χ3n) is 2.33. The Bertz CT molecular complexity index is 596. The van der Waals surface area contributed by atoms with Crippen LogP contribution in [0.15, 0.2) is 42.6 Å². The molecule has 3 nitrogen and oxygen atoms in total. The van der Waals surface area contributed by atoms with E-state index in [-0.39, 0.29) is 17.0 Å².